The number of nitrogens with zero attached hydrogens (tertiary/aromatic N) is 2. The van der Waals surface area contributed by atoms with Gasteiger partial charge in [0.05, 0.1) is 34.2 Å². The van der Waals surface area contributed by atoms with Gasteiger partial charge in [-0.05, 0) is 124 Å². The van der Waals surface area contributed by atoms with Crippen molar-refractivity contribution in [3.05, 3.63) is 0 Å². The van der Waals surface area contributed by atoms with E-state index in [9.17, 15) is 45.6 Å². The second-order valence-electron chi connectivity index (χ2n) is 29.5. The molecule has 0 N–H and O–H groups in total. The molecule has 2 amide bonds. The van der Waals surface area contributed by atoms with E-state index >= 15 is 0 Å². The molecule has 0 aromatic heterocycles. The molecule has 0 radical (unpaired) electrons. The van der Waals surface area contributed by atoms with Crippen LogP contribution in [-0.2, 0) is 53.2 Å². The molecule has 0 bridgehead atoms. The maximum absolute atomic E-state index is 13.9. The Morgan fingerprint density at radius 3 is 1.13 bits per heavy atom. The van der Waals surface area contributed by atoms with Crippen LogP contribution >= 0.6 is 37.2 Å². The van der Waals surface area contributed by atoms with Crippen LogP contribution in [0.2, 0.25) is 0 Å². The topological polar surface area (TPSA) is 186 Å². The monoisotopic (exact) mass is 1330 g/mol. The van der Waals surface area contributed by atoms with Crippen LogP contribution in [0.1, 0.15) is 215 Å². The Balaban J connectivity index is 0.000000383. The quantitative estimate of drug-likeness (QED) is 0.106. The predicted molar refractivity (Wildman–Crippen MR) is 322 cm³/mol. The average molecular weight is 1330 g/mol. The van der Waals surface area contributed by atoms with Crippen molar-refractivity contribution in [3.8, 4) is 0 Å². The minimum atomic E-state index is -3.40. The smallest absolute Gasteiger partial charge is 0.328 e. The summed E-state index contributed by atoms with van der Waals surface area (Å²) in [7, 11) is -5.43. The summed E-state index contributed by atoms with van der Waals surface area (Å²) >= 11 is 4.24. The first kappa shape index (κ1) is 69.1. The molecule has 0 unspecified atom stereocenters. The number of ketones is 3. The third-order valence-electron chi connectivity index (χ3n) is 19.2. The highest BCUT2D eigenvalue weighted by Gasteiger charge is 2.71. The fraction of sp³-hybridized carbons (Fsp3) is 0.898. The number of halogens is 2. The maximum atomic E-state index is 13.9. The molecule has 17 heteroatoms. The number of hydrogen-bond acceptors (Lipinski definition) is 11. The van der Waals surface area contributed by atoms with E-state index in [-0.39, 0.29) is 108 Å². The molecule has 6 aliphatic rings. The number of rotatable bonds is 16. The van der Waals surface area contributed by atoms with Gasteiger partial charge in [-0.15, -0.1) is 0 Å². The van der Waals surface area contributed by atoms with E-state index in [1.54, 1.807) is 58.3 Å². The number of carbonyl (C=O) groups excluding carboxylic acids is 6. The lowest BCUT2D eigenvalue weighted by molar-refractivity contribution is -0.156. The van der Waals surface area contributed by atoms with Gasteiger partial charge in [-0.3, -0.25) is 24.0 Å². The van der Waals surface area contributed by atoms with Crippen LogP contribution < -0.4 is 0 Å². The molecular formula is C59H102I2N2O11S2. The van der Waals surface area contributed by atoms with Gasteiger partial charge in [0.2, 0.25) is 11.8 Å². The lowest BCUT2D eigenvalue weighted by Gasteiger charge is -2.40. The molecule has 2 heterocycles. The summed E-state index contributed by atoms with van der Waals surface area (Å²) in [6.07, 6.45) is 9.27. The summed E-state index contributed by atoms with van der Waals surface area (Å²) in [4.78, 5) is 83.7. The Morgan fingerprint density at radius 2 is 0.855 bits per heavy atom. The molecule has 2 saturated heterocycles. The van der Waals surface area contributed by atoms with Crippen LogP contribution in [0.15, 0.2) is 0 Å². The number of piperidine rings is 2. The normalized spacial score (nSPS) is 27.1. The number of esters is 1. The van der Waals surface area contributed by atoms with Gasteiger partial charge in [0, 0.05) is 93.8 Å². The summed E-state index contributed by atoms with van der Waals surface area (Å²) in [6, 6.07) is -1.02. The van der Waals surface area contributed by atoms with Crippen LogP contribution in [0.5, 0.6) is 0 Å². The molecule has 4 aliphatic carbocycles. The van der Waals surface area contributed by atoms with E-state index in [4.69, 9.17) is 4.74 Å². The lowest BCUT2D eigenvalue weighted by atomic mass is 9.70. The zero-order chi connectivity index (χ0) is 57.7. The number of methoxy groups -OCH3 is 1. The van der Waals surface area contributed by atoms with Gasteiger partial charge >= 0.3 is 5.97 Å². The fourth-order valence-electron chi connectivity index (χ4n) is 13.8. The molecule has 2 aliphatic heterocycles. The van der Waals surface area contributed by atoms with E-state index in [0.29, 0.717) is 19.0 Å². The van der Waals surface area contributed by atoms with E-state index in [1.807, 2.05) is 41.5 Å². The summed E-state index contributed by atoms with van der Waals surface area (Å²) < 4.78 is 56.0. The molecule has 13 nitrogen and oxygen atoms in total. The first-order valence-electron chi connectivity index (χ1n) is 27.8. The first-order valence-corrected chi connectivity index (χ1v) is 37.4. The zero-order valence-electron chi connectivity index (χ0n) is 49.3. The zero-order valence-corrected chi connectivity index (χ0v) is 55.3. The van der Waals surface area contributed by atoms with Crippen molar-refractivity contribution in [1.29, 1.82) is 0 Å². The van der Waals surface area contributed by atoms with Gasteiger partial charge in [-0.25, -0.2) is 21.6 Å². The van der Waals surface area contributed by atoms with Crippen molar-refractivity contribution in [2.75, 3.05) is 31.7 Å². The Labute approximate surface area is 484 Å². The highest BCUT2D eigenvalue weighted by atomic mass is 128. The van der Waals surface area contributed by atoms with Crippen molar-refractivity contribution in [1.82, 2.24) is 9.80 Å². The molecule has 0 spiro atoms. The molecular weight excluding hydrogens is 1230 g/mol. The number of hydrogen-bond donors (Lipinski definition) is 0. The highest BCUT2D eigenvalue weighted by Crippen LogP contribution is 2.66. The van der Waals surface area contributed by atoms with Crippen molar-refractivity contribution in [3.63, 3.8) is 0 Å². The van der Waals surface area contributed by atoms with Gasteiger partial charge in [0.25, 0.3) is 0 Å². The van der Waals surface area contributed by atoms with Gasteiger partial charge in [-0.2, -0.15) is 0 Å². The van der Waals surface area contributed by atoms with Gasteiger partial charge < -0.3 is 14.5 Å². The van der Waals surface area contributed by atoms with Crippen LogP contribution in [-0.4, -0.2) is 115 Å². The number of fused-ring (bicyclic) bond motifs is 2. The Bertz CT molecular complexity index is 2340. The van der Waals surface area contributed by atoms with Crippen LogP contribution in [0.3, 0.4) is 0 Å². The van der Waals surface area contributed by atoms with Gasteiger partial charge in [0.1, 0.15) is 17.6 Å². The summed E-state index contributed by atoms with van der Waals surface area (Å²) in [6.45, 7) is 33.4. The predicted octanol–water partition coefficient (Wildman–Crippen LogP) is 12.5. The molecule has 6 rings (SSSR count). The number of Topliss-reactive ketones (excluding diaryl/α,β-unsaturated/α-hetero) is 3. The summed E-state index contributed by atoms with van der Waals surface area (Å²) in [5.41, 5.74) is -1.99. The third kappa shape index (κ3) is 15.3. The Hall–Kier alpha value is -1.22. The lowest BCUT2D eigenvalue weighted by Crippen LogP contribution is -2.50. The standard InChI is InChI=1S/C29H49NO6S.C29H49NO5S.CH4.I2/c1-26(2,3)20(24(32)30-17-21-22(28(21,7)8)23(30)25(33)36-9)15-19(31)16-29(13-11-10-12-14-29)18-37(34,35)27(4,5)6;1-19(31)24-23-22(28(23,8)9)17-30(24)25(33)21(26(2,3)4)15-20(32)16-29(13-11-10-12-14-29)18-36(34,35)27(5,6)7;;1-2/h20-23H,10-18H2,1-9H3;21-24H,10-18H2,1-9H3;1H4;/t20-,21+,22+,23+;21-,22+,23+,24-;;/m11../s1. The maximum Gasteiger partial charge on any atom is 0.328 e. The second kappa shape index (κ2) is 24.7. The average Bonchev–Trinajstić information content (AvgIpc) is 3.71. The van der Waals surface area contributed by atoms with E-state index in [2.05, 4.69) is 64.9 Å². The Morgan fingerprint density at radius 1 is 0.553 bits per heavy atom. The molecule has 76 heavy (non-hydrogen) atoms. The molecule has 0 aromatic carbocycles. The van der Waals surface area contributed by atoms with E-state index in [1.165, 1.54) is 7.11 Å². The first-order chi connectivity index (χ1) is 34.0. The SMILES string of the molecule is C.CC(=O)[C@@H]1[C@@H]2[C@H](CN1C(=O)[C@@H](CC(=O)CC1(CS(=O)(=O)C(C)(C)C)CCCCC1)C(C)(C)C)C2(C)C.COC(=O)[C@@H]1[C@@H]2[C@H](CN1C(=O)[C@@H](CC(=O)CC1(CS(=O)(=O)C(C)(C)C)CCCCC1)C(C)(C)C)C2(C)C.II. The van der Waals surface area contributed by atoms with Crippen molar-refractivity contribution in [2.45, 2.75) is 237 Å². The fourth-order valence-corrected chi connectivity index (χ4v) is 17.1. The molecule has 0 aromatic rings. The Kier molecular flexibility index (Phi) is 22.4. The molecule has 8 atom stereocenters. The number of ether oxygens (including phenoxy) is 1. The number of carbonyl (C=O) groups is 6. The van der Waals surface area contributed by atoms with Gasteiger partial charge in [0.15, 0.2) is 25.5 Å². The number of likely N-dealkylation sites (tertiary alicyclic amines) is 2. The van der Waals surface area contributed by atoms with Crippen LogP contribution in [0.4, 0.5) is 0 Å². The van der Waals surface area contributed by atoms with Crippen molar-refractivity contribution >= 4 is 92.0 Å². The van der Waals surface area contributed by atoms with Crippen LogP contribution in [0.25, 0.3) is 0 Å². The minimum Gasteiger partial charge on any atom is -0.467 e. The summed E-state index contributed by atoms with van der Waals surface area (Å²) in [5.74, 6) is -0.941. The van der Waals surface area contributed by atoms with E-state index < -0.39 is 74.7 Å². The van der Waals surface area contributed by atoms with E-state index in [0.717, 1.165) is 64.2 Å². The van der Waals surface area contributed by atoms with Crippen molar-refractivity contribution in [2.24, 2.45) is 68.0 Å². The minimum absolute atomic E-state index is 0. The molecule has 440 valence electrons. The van der Waals surface area contributed by atoms with Crippen molar-refractivity contribution < 1.29 is 50.3 Å². The van der Waals surface area contributed by atoms with Gasteiger partial charge in [-0.1, -0.05) is 115 Å². The number of amides is 2. The third-order valence-corrected chi connectivity index (χ3v) is 24.9. The molecule has 4 saturated carbocycles. The summed E-state index contributed by atoms with van der Waals surface area (Å²) in [5, 5.41) is 0. The largest absolute Gasteiger partial charge is 0.467 e. The van der Waals surface area contributed by atoms with Crippen LogP contribution in [0, 0.1) is 68.0 Å². The highest BCUT2D eigenvalue weighted by molar-refractivity contribution is 15.0. The second-order valence-corrected chi connectivity index (χ2v) is 34.9. The number of sulfone groups is 2. The molecule has 6 fully saturated rings.